The van der Waals surface area contributed by atoms with Gasteiger partial charge in [0, 0.05) is 46.5 Å². The molecule has 0 bridgehead atoms. The minimum absolute atomic E-state index is 0.264. The Labute approximate surface area is 163 Å². The number of hydrogen-bond donors (Lipinski definition) is 0. The maximum atomic E-state index is 12.7. The second kappa shape index (κ2) is 8.34. The lowest BCUT2D eigenvalue weighted by molar-refractivity contribution is -0.137. The number of likely N-dealkylation sites (N-methyl/N-ethyl adjacent to an activating group) is 1. The fourth-order valence-electron chi connectivity index (χ4n) is 3.47. The van der Waals surface area contributed by atoms with Crippen molar-refractivity contribution in [2.75, 3.05) is 44.0 Å². The zero-order chi connectivity index (χ0) is 20.3. The molecule has 28 heavy (non-hydrogen) atoms. The lowest BCUT2D eigenvalue weighted by Crippen LogP contribution is -2.46. The van der Waals surface area contributed by atoms with Gasteiger partial charge < -0.3 is 9.80 Å². The predicted molar refractivity (Wildman–Crippen MR) is 105 cm³/mol. The van der Waals surface area contributed by atoms with Crippen LogP contribution in [0.1, 0.15) is 24.0 Å². The second-order valence-corrected chi connectivity index (χ2v) is 7.45. The minimum Gasteiger partial charge on any atom is -0.363 e. The second-order valence-electron chi connectivity index (χ2n) is 7.45. The van der Waals surface area contributed by atoms with Crippen LogP contribution in [0, 0.1) is 0 Å². The smallest absolute Gasteiger partial charge is 0.363 e. The molecule has 0 spiro atoms. The molecule has 1 unspecified atom stereocenters. The Hall–Kier alpha value is -2.35. The summed E-state index contributed by atoms with van der Waals surface area (Å²) in [5, 5.41) is 0. The third-order valence-electron chi connectivity index (χ3n) is 5.12. The van der Waals surface area contributed by atoms with E-state index in [2.05, 4.69) is 19.8 Å². The van der Waals surface area contributed by atoms with Crippen molar-refractivity contribution in [1.82, 2.24) is 14.9 Å². The molecule has 5 nitrogen and oxygen atoms in total. The van der Waals surface area contributed by atoms with E-state index in [4.69, 9.17) is 0 Å². The first-order chi connectivity index (χ1) is 13.2. The zero-order valence-electron chi connectivity index (χ0n) is 16.4. The Morgan fingerprint density at radius 1 is 1.11 bits per heavy atom. The summed E-state index contributed by atoms with van der Waals surface area (Å²) < 4.78 is 38.2. The van der Waals surface area contributed by atoms with Gasteiger partial charge in [-0.2, -0.15) is 18.2 Å². The SMILES string of the molecule is CN(C)c1ccnc(N(C)C2CCCN(Cc3ccc(C(F)(F)F)cc3)C2)n1. The third kappa shape index (κ3) is 4.92. The molecule has 2 heterocycles. The van der Waals surface area contributed by atoms with E-state index in [1.54, 1.807) is 18.3 Å². The summed E-state index contributed by atoms with van der Waals surface area (Å²) in [4.78, 5) is 15.3. The van der Waals surface area contributed by atoms with Crippen LogP contribution in [0.4, 0.5) is 24.9 Å². The van der Waals surface area contributed by atoms with E-state index in [0.717, 1.165) is 49.4 Å². The van der Waals surface area contributed by atoms with Gasteiger partial charge in [0.1, 0.15) is 5.82 Å². The van der Waals surface area contributed by atoms with Gasteiger partial charge in [0.15, 0.2) is 0 Å². The number of piperidine rings is 1. The molecule has 0 N–H and O–H groups in total. The molecule has 1 aromatic heterocycles. The molecule has 1 aliphatic heterocycles. The van der Waals surface area contributed by atoms with Crippen molar-refractivity contribution in [2.24, 2.45) is 0 Å². The van der Waals surface area contributed by atoms with Crippen LogP contribution in [0.2, 0.25) is 0 Å². The molecule has 2 aromatic rings. The topological polar surface area (TPSA) is 35.5 Å². The Balaban J connectivity index is 1.64. The molecule has 8 heteroatoms. The maximum absolute atomic E-state index is 12.7. The average Bonchev–Trinajstić information content (AvgIpc) is 2.67. The molecular formula is C20H26F3N5. The van der Waals surface area contributed by atoms with Gasteiger partial charge in [-0.15, -0.1) is 0 Å². The van der Waals surface area contributed by atoms with Gasteiger partial charge in [-0.3, -0.25) is 4.90 Å². The molecule has 3 rings (SSSR count). The number of halogens is 3. The lowest BCUT2D eigenvalue weighted by Gasteiger charge is -2.37. The standard InChI is InChI=1S/C20H26F3N5/c1-26(2)18-10-11-24-19(25-18)27(3)17-5-4-12-28(14-17)13-15-6-8-16(9-7-15)20(21,22)23/h6-11,17H,4-5,12-14H2,1-3H3. The summed E-state index contributed by atoms with van der Waals surface area (Å²) in [5.74, 6) is 1.54. The number of alkyl halides is 3. The van der Waals surface area contributed by atoms with Crippen molar-refractivity contribution in [3.05, 3.63) is 47.7 Å². The van der Waals surface area contributed by atoms with E-state index in [9.17, 15) is 13.2 Å². The van der Waals surface area contributed by atoms with Crippen LogP contribution in [-0.4, -0.2) is 55.1 Å². The molecular weight excluding hydrogens is 367 g/mol. The zero-order valence-corrected chi connectivity index (χ0v) is 16.4. The number of rotatable bonds is 5. The van der Waals surface area contributed by atoms with Gasteiger partial charge in [0.25, 0.3) is 0 Å². The molecule has 1 atom stereocenters. The summed E-state index contributed by atoms with van der Waals surface area (Å²) in [6.45, 7) is 2.40. The Morgan fingerprint density at radius 2 is 1.82 bits per heavy atom. The molecule has 152 valence electrons. The highest BCUT2D eigenvalue weighted by atomic mass is 19.4. The lowest BCUT2D eigenvalue weighted by atomic mass is 10.0. The van der Waals surface area contributed by atoms with E-state index in [0.29, 0.717) is 12.5 Å². The van der Waals surface area contributed by atoms with Gasteiger partial charge in [0.2, 0.25) is 5.95 Å². The van der Waals surface area contributed by atoms with Crippen LogP contribution in [0.15, 0.2) is 36.5 Å². The fourth-order valence-corrected chi connectivity index (χ4v) is 3.47. The van der Waals surface area contributed by atoms with Crippen LogP contribution in [0.5, 0.6) is 0 Å². The number of benzene rings is 1. The van der Waals surface area contributed by atoms with Crippen LogP contribution >= 0.6 is 0 Å². The van der Waals surface area contributed by atoms with E-state index < -0.39 is 11.7 Å². The van der Waals surface area contributed by atoms with Crippen molar-refractivity contribution in [3.8, 4) is 0 Å². The van der Waals surface area contributed by atoms with Crippen molar-refractivity contribution < 1.29 is 13.2 Å². The van der Waals surface area contributed by atoms with Crippen LogP contribution in [0.3, 0.4) is 0 Å². The number of nitrogens with zero attached hydrogens (tertiary/aromatic N) is 5. The van der Waals surface area contributed by atoms with Crippen molar-refractivity contribution in [3.63, 3.8) is 0 Å². The highest BCUT2D eigenvalue weighted by molar-refractivity contribution is 5.42. The van der Waals surface area contributed by atoms with Crippen molar-refractivity contribution in [2.45, 2.75) is 31.6 Å². The largest absolute Gasteiger partial charge is 0.416 e. The fraction of sp³-hybridized carbons (Fsp3) is 0.500. The van der Waals surface area contributed by atoms with Gasteiger partial charge >= 0.3 is 6.18 Å². The van der Waals surface area contributed by atoms with Gasteiger partial charge in [0.05, 0.1) is 5.56 Å². The van der Waals surface area contributed by atoms with Crippen LogP contribution < -0.4 is 9.80 Å². The molecule has 0 aliphatic carbocycles. The Bertz CT molecular complexity index is 776. The predicted octanol–water partition coefficient (Wildman–Crippen LogP) is 3.66. The van der Waals surface area contributed by atoms with E-state index in [1.165, 1.54) is 0 Å². The quantitative estimate of drug-likeness (QED) is 0.775. The Morgan fingerprint density at radius 3 is 2.46 bits per heavy atom. The van der Waals surface area contributed by atoms with E-state index >= 15 is 0 Å². The first-order valence-electron chi connectivity index (χ1n) is 9.36. The number of aromatic nitrogens is 2. The number of hydrogen-bond acceptors (Lipinski definition) is 5. The Kier molecular flexibility index (Phi) is 6.07. The van der Waals surface area contributed by atoms with Gasteiger partial charge in [-0.25, -0.2) is 4.98 Å². The van der Waals surface area contributed by atoms with Crippen LogP contribution in [-0.2, 0) is 12.7 Å². The summed E-state index contributed by atoms with van der Waals surface area (Å²) in [6, 6.07) is 7.59. The molecule has 1 aromatic carbocycles. The molecule has 1 aliphatic rings. The van der Waals surface area contributed by atoms with Crippen molar-refractivity contribution >= 4 is 11.8 Å². The van der Waals surface area contributed by atoms with Crippen molar-refractivity contribution in [1.29, 1.82) is 0 Å². The average molecular weight is 393 g/mol. The summed E-state index contributed by atoms with van der Waals surface area (Å²) in [5.41, 5.74) is 0.285. The number of likely N-dealkylation sites (tertiary alicyclic amines) is 1. The van der Waals surface area contributed by atoms with Gasteiger partial charge in [-0.05, 0) is 43.1 Å². The molecule has 0 amide bonds. The highest BCUT2D eigenvalue weighted by Crippen LogP contribution is 2.29. The molecule has 0 radical (unpaired) electrons. The first-order valence-corrected chi connectivity index (χ1v) is 9.36. The third-order valence-corrected chi connectivity index (χ3v) is 5.12. The highest BCUT2D eigenvalue weighted by Gasteiger charge is 2.30. The first kappa shape index (κ1) is 20.4. The summed E-state index contributed by atoms with van der Waals surface area (Å²) in [7, 11) is 5.89. The number of anilines is 2. The van der Waals surface area contributed by atoms with Crippen LogP contribution in [0.25, 0.3) is 0 Å². The monoisotopic (exact) mass is 393 g/mol. The maximum Gasteiger partial charge on any atom is 0.416 e. The normalized spacial score (nSPS) is 18.1. The van der Waals surface area contributed by atoms with E-state index in [-0.39, 0.29) is 6.04 Å². The van der Waals surface area contributed by atoms with Gasteiger partial charge in [-0.1, -0.05) is 12.1 Å². The molecule has 1 fully saturated rings. The minimum atomic E-state index is -4.29. The summed E-state index contributed by atoms with van der Waals surface area (Å²) >= 11 is 0. The van der Waals surface area contributed by atoms with E-state index in [1.807, 2.05) is 32.1 Å². The summed E-state index contributed by atoms with van der Waals surface area (Å²) in [6.07, 6.45) is -0.464. The molecule has 0 saturated carbocycles. The molecule has 1 saturated heterocycles.